The lowest BCUT2D eigenvalue weighted by molar-refractivity contribution is -0.137. The molecule has 1 aromatic rings. The predicted molar refractivity (Wildman–Crippen MR) is 69.4 cm³/mol. The van der Waals surface area contributed by atoms with E-state index in [0.717, 1.165) is 12.0 Å². The van der Waals surface area contributed by atoms with Crippen LogP contribution in [0, 0.1) is 3.57 Å². The lowest BCUT2D eigenvalue weighted by atomic mass is 10.2. The van der Waals surface area contributed by atoms with Gasteiger partial charge in [-0.15, -0.1) is 0 Å². The van der Waals surface area contributed by atoms with Crippen LogP contribution in [-0.2, 0) is 9.53 Å². The Morgan fingerprint density at radius 3 is 2.67 bits per heavy atom. The molecular formula is C12H13IO2. The van der Waals surface area contributed by atoms with Crippen molar-refractivity contribution in [2.24, 2.45) is 0 Å². The van der Waals surface area contributed by atoms with Gasteiger partial charge in [-0.05, 0) is 52.8 Å². The van der Waals surface area contributed by atoms with Gasteiger partial charge in [0.15, 0.2) is 0 Å². The van der Waals surface area contributed by atoms with Crippen molar-refractivity contribution in [3.63, 3.8) is 0 Å². The molecule has 0 aliphatic carbocycles. The number of esters is 1. The van der Waals surface area contributed by atoms with Crippen molar-refractivity contribution in [1.82, 2.24) is 0 Å². The van der Waals surface area contributed by atoms with Gasteiger partial charge in [0.2, 0.25) is 0 Å². The Morgan fingerprint density at radius 2 is 2.07 bits per heavy atom. The second kappa shape index (κ2) is 6.61. The molecule has 0 bridgehead atoms. The third-order valence-electron chi connectivity index (χ3n) is 1.73. The predicted octanol–water partition coefficient (Wildman–Crippen LogP) is 3.26. The molecule has 0 saturated carbocycles. The van der Waals surface area contributed by atoms with Gasteiger partial charge in [0.1, 0.15) is 0 Å². The number of hydrogen-bond donors (Lipinski definition) is 0. The molecule has 0 atom stereocenters. The quantitative estimate of drug-likeness (QED) is 0.484. The Labute approximate surface area is 103 Å². The summed E-state index contributed by atoms with van der Waals surface area (Å²) in [4.78, 5) is 11.1. The molecule has 15 heavy (non-hydrogen) atoms. The maximum Gasteiger partial charge on any atom is 0.330 e. The molecule has 0 spiro atoms. The molecule has 0 N–H and O–H groups in total. The monoisotopic (exact) mass is 316 g/mol. The van der Waals surface area contributed by atoms with Gasteiger partial charge in [-0.1, -0.05) is 19.1 Å². The normalized spacial score (nSPS) is 10.5. The fraction of sp³-hybridized carbons (Fsp3) is 0.250. The zero-order valence-electron chi connectivity index (χ0n) is 8.57. The Kier molecular flexibility index (Phi) is 5.39. The van der Waals surface area contributed by atoms with E-state index in [2.05, 4.69) is 22.6 Å². The van der Waals surface area contributed by atoms with Crippen molar-refractivity contribution in [2.45, 2.75) is 13.3 Å². The first-order valence-electron chi connectivity index (χ1n) is 4.83. The maximum absolute atomic E-state index is 11.1. The summed E-state index contributed by atoms with van der Waals surface area (Å²) >= 11 is 2.24. The highest BCUT2D eigenvalue weighted by Gasteiger charge is 1.94. The van der Waals surface area contributed by atoms with Gasteiger partial charge >= 0.3 is 5.97 Å². The van der Waals surface area contributed by atoms with Gasteiger partial charge in [-0.25, -0.2) is 4.79 Å². The Hall–Kier alpha value is -0.840. The fourth-order valence-electron chi connectivity index (χ4n) is 0.989. The van der Waals surface area contributed by atoms with Crippen molar-refractivity contribution in [1.29, 1.82) is 0 Å². The van der Waals surface area contributed by atoms with Gasteiger partial charge < -0.3 is 4.74 Å². The van der Waals surface area contributed by atoms with Gasteiger partial charge in [-0.3, -0.25) is 0 Å². The number of carbonyl (C=O) groups excluding carboxylic acids is 1. The molecule has 0 amide bonds. The van der Waals surface area contributed by atoms with Crippen LogP contribution in [0.4, 0.5) is 0 Å². The minimum atomic E-state index is -0.282. The zero-order chi connectivity index (χ0) is 11.1. The lowest BCUT2D eigenvalue weighted by Gasteiger charge is -1.97. The van der Waals surface area contributed by atoms with Gasteiger partial charge in [0.05, 0.1) is 6.61 Å². The molecule has 1 rings (SSSR count). The SMILES string of the molecule is CCCOC(=O)/C=C/c1ccc(I)cc1. The first-order valence-corrected chi connectivity index (χ1v) is 5.90. The van der Waals surface area contributed by atoms with E-state index in [4.69, 9.17) is 4.74 Å². The van der Waals surface area contributed by atoms with E-state index in [9.17, 15) is 4.79 Å². The topological polar surface area (TPSA) is 26.3 Å². The number of carbonyl (C=O) groups is 1. The van der Waals surface area contributed by atoms with Crippen molar-refractivity contribution >= 4 is 34.6 Å². The Morgan fingerprint density at radius 1 is 1.40 bits per heavy atom. The van der Waals surface area contributed by atoms with Crippen molar-refractivity contribution in [3.8, 4) is 0 Å². The molecule has 0 aromatic heterocycles. The third-order valence-corrected chi connectivity index (χ3v) is 2.45. The molecule has 0 aliphatic heterocycles. The van der Waals surface area contributed by atoms with Gasteiger partial charge in [-0.2, -0.15) is 0 Å². The molecular weight excluding hydrogens is 303 g/mol. The summed E-state index contributed by atoms with van der Waals surface area (Å²) in [6, 6.07) is 7.92. The summed E-state index contributed by atoms with van der Waals surface area (Å²) in [5.41, 5.74) is 1.00. The molecule has 0 saturated heterocycles. The van der Waals surface area contributed by atoms with Crippen LogP contribution in [-0.4, -0.2) is 12.6 Å². The molecule has 2 nitrogen and oxygen atoms in total. The first kappa shape index (κ1) is 12.2. The Bertz CT molecular complexity index is 341. The number of ether oxygens (including phenoxy) is 1. The summed E-state index contributed by atoms with van der Waals surface area (Å²) in [6.45, 7) is 2.45. The van der Waals surface area contributed by atoms with Crippen LogP contribution in [0.2, 0.25) is 0 Å². The van der Waals surface area contributed by atoms with E-state index >= 15 is 0 Å². The molecule has 0 heterocycles. The molecule has 80 valence electrons. The van der Waals surface area contributed by atoms with E-state index in [0.29, 0.717) is 6.61 Å². The van der Waals surface area contributed by atoms with E-state index in [1.54, 1.807) is 6.08 Å². The van der Waals surface area contributed by atoms with E-state index in [-0.39, 0.29) is 5.97 Å². The molecule has 0 radical (unpaired) electrons. The lowest BCUT2D eigenvalue weighted by Crippen LogP contribution is -2.00. The van der Waals surface area contributed by atoms with E-state index in [1.807, 2.05) is 31.2 Å². The smallest absolute Gasteiger partial charge is 0.330 e. The highest BCUT2D eigenvalue weighted by atomic mass is 127. The van der Waals surface area contributed by atoms with Crippen LogP contribution in [0.1, 0.15) is 18.9 Å². The largest absolute Gasteiger partial charge is 0.463 e. The molecule has 0 unspecified atom stereocenters. The maximum atomic E-state index is 11.1. The van der Waals surface area contributed by atoms with Crippen LogP contribution < -0.4 is 0 Å². The minimum Gasteiger partial charge on any atom is -0.463 e. The number of hydrogen-bond acceptors (Lipinski definition) is 2. The summed E-state index contributed by atoms with van der Waals surface area (Å²) in [5.74, 6) is -0.282. The minimum absolute atomic E-state index is 0.282. The third kappa shape index (κ3) is 4.97. The van der Waals surface area contributed by atoms with Crippen molar-refractivity contribution < 1.29 is 9.53 Å². The molecule has 0 fully saturated rings. The second-order valence-electron chi connectivity index (χ2n) is 3.05. The van der Waals surface area contributed by atoms with Crippen LogP contribution >= 0.6 is 22.6 Å². The van der Waals surface area contributed by atoms with E-state index in [1.165, 1.54) is 9.65 Å². The number of rotatable bonds is 4. The summed E-state index contributed by atoms with van der Waals surface area (Å²) in [5, 5.41) is 0. The van der Waals surface area contributed by atoms with Crippen LogP contribution in [0.5, 0.6) is 0 Å². The Balaban J connectivity index is 2.50. The summed E-state index contributed by atoms with van der Waals surface area (Å²) in [7, 11) is 0. The van der Waals surface area contributed by atoms with Gasteiger partial charge in [0.25, 0.3) is 0 Å². The summed E-state index contributed by atoms with van der Waals surface area (Å²) < 4.78 is 6.09. The van der Waals surface area contributed by atoms with Crippen LogP contribution in [0.25, 0.3) is 6.08 Å². The molecule has 0 aliphatic rings. The van der Waals surface area contributed by atoms with Crippen LogP contribution in [0.3, 0.4) is 0 Å². The average molecular weight is 316 g/mol. The number of halogens is 1. The fourth-order valence-corrected chi connectivity index (χ4v) is 1.35. The standard InChI is InChI=1S/C12H13IO2/c1-2-9-15-12(14)8-5-10-3-6-11(13)7-4-10/h3-8H,2,9H2,1H3/b8-5+. The van der Waals surface area contributed by atoms with Crippen molar-refractivity contribution in [2.75, 3.05) is 6.61 Å². The van der Waals surface area contributed by atoms with E-state index < -0.39 is 0 Å². The number of benzene rings is 1. The average Bonchev–Trinajstić information content (AvgIpc) is 2.25. The molecule has 3 heteroatoms. The summed E-state index contributed by atoms with van der Waals surface area (Å²) in [6.07, 6.45) is 4.06. The van der Waals surface area contributed by atoms with Crippen molar-refractivity contribution in [3.05, 3.63) is 39.5 Å². The van der Waals surface area contributed by atoms with Crippen LogP contribution in [0.15, 0.2) is 30.3 Å². The molecule has 1 aromatic carbocycles. The highest BCUT2D eigenvalue weighted by molar-refractivity contribution is 14.1. The first-order chi connectivity index (χ1) is 7.22. The highest BCUT2D eigenvalue weighted by Crippen LogP contribution is 2.08. The zero-order valence-corrected chi connectivity index (χ0v) is 10.7. The second-order valence-corrected chi connectivity index (χ2v) is 4.30. The van der Waals surface area contributed by atoms with Gasteiger partial charge in [0, 0.05) is 9.65 Å².